The third-order valence-corrected chi connectivity index (χ3v) is 13.9. The fraction of sp³-hybridized carbons (Fsp3) is 0.744. The highest BCUT2D eigenvalue weighted by molar-refractivity contribution is 7.91. The van der Waals surface area contributed by atoms with Crippen molar-refractivity contribution in [3.8, 4) is 5.75 Å². The number of hydrogen-bond donors (Lipinski definition) is 5. The van der Waals surface area contributed by atoms with Gasteiger partial charge >= 0.3 is 6.03 Å². The van der Waals surface area contributed by atoms with Gasteiger partial charge in [0.15, 0.2) is 15.9 Å². The van der Waals surface area contributed by atoms with E-state index in [0.717, 1.165) is 44.9 Å². The van der Waals surface area contributed by atoms with Crippen LogP contribution in [0.1, 0.15) is 106 Å². The first-order valence-electron chi connectivity index (χ1n) is 19.4. The molecule has 5 rings (SSSR count). The van der Waals surface area contributed by atoms with E-state index in [0.29, 0.717) is 38.2 Å². The van der Waals surface area contributed by atoms with Crippen LogP contribution in [0.3, 0.4) is 0 Å². The number of rotatable bonds is 16. The van der Waals surface area contributed by atoms with Gasteiger partial charge in [-0.05, 0) is 72.5 Å². The highest BCUT2D eigenvalue weighted by Gasteiger charge is 2.70. The predicted molar refractivity (Wildman–Crippen MR) is 200 cm³/mol. The van der Waals surface area contributed by atoms with E-state index in [9.17, 15) is 32.7 Å². The number of aliphatic hydroxyl groups excluding tert-OH is 1. The first kappa shape index (κ1) is 40.8. The summed E-state index contributed by atoms with van der Waals surface area (Å²) in [7, 11) is -3.85. The number of nitrogens with two attached hydrogens (primary N) is 1. The lowest BCUT2D eigenvalue weighted by atomic mass is 9.83. The fourth-order valence-electron chi connectivity index (χ4n) is 8.55. The molecule has 4 fully saturated rings. The number of carbonyl (C=O) groups is 4. The third kappa shape index (κ3) is 9.47. The second-order valence-corrected chi connectivity index (χ2v) is 19.7. The van der Waals surface area contributed by atoms with Gasteiger partial charge in [-0.15, -0.1) is 0 Å². The van der Waals surface area contributed by atoms with Crippen LogP contribution in [-0.2, 0) is 24.2 Å². The molecule has 5 amide bonds. The minimum Gasteiger partial charge on any atom is -0.494 e. The highest BCUT2D eigenvalue weighted by Crippen LogP contribution is 2.65. The molecule has 3 aliphatic carbocycles. The molecular weight excluding hydrogens is 699 g/mol. The Hall–Kier alpha value is -3.39. The monoisotopic (exact) mass is 759 g/mol. The van der Waals surface area contributed by atoms with Crippen LogP contribution in [-0.4, -0.2) is 90.8 Å². The van der Waals surface area contributed by atoms with Crippen LogP contribution in [0.2, 0.25) is 0 Å². The number of amides is 5. The maximum absolute atomic E-state index is 14.5. The number of unbranched alkanes of at least 4 members (excludes halogenated alkanes) is 1. The Bertz CT molecular complexity index is 1630. The molecule has 296 valence electrons. The van der Waals surface area contributed by atoms with Crippen LogP contribution < -0.4 is 26.4 Å². The summed E-state index contributed by atoms with van der Waals surface area (Å²) in [6, 6.07) is 3.04. The van der Waals surface area contributed by atoms with E-state index < -0.39 is 68.8 Å². The van der Waals surface area contributed by atoms with E-state index in [2.05, 4.69) is 36.7 Å². The largest absolute Gasteiger partial charge is 0.494 e. The number of nitrogens with zero attached hydrogens (tertiary/aromatic N) is 1. The molecule has 1 aliphatic heterocycles. The van der Waals surface area contributed by atoms with Crippen LogP contribution in [0.4, 0.5) is 4.79 Å². The molecule has 4 aliphatic rings. The molecule has 0 aromatic heterocycles. The van der Waals surface area contributed by atoms with Gasteiger partial charge in [0.2, 0.25) is 17.7 Å². The Kier molecular flexibility index (Phi) is 12.1. The Morgan fingerprint density at radius 3 is 2.36 bits per heavy atom. The molecule has 3 saturated carbocycles. The molecule has 1 aromatic rings. The molecule has 0 bridgehead atoms. The number of nitrogens with one attached hydrogen (secondary N) is 3. The number of carbonyl (C=O) groups excluding carboxylic acids is 4. The number of benzene rings is 1. The number of ether oxygens (including phenoxy) is 1. The van der Waals surface area contributed by atoms with Crippen molar-refractivity contribution in [2.75, 3.05) is 18.9 Å². The molecular formula is C39H61N5O8S. The van der Waals surface area contributed by atoms with Crippen molar-refractivity contribution >= 4 is 33.6 Å². The first-order valence-corrected chi connectivity index (χ1v) is 21.1. The summed E-state index contributed by atoms with van der Waals surface area (Å²) < 4.78 is 33.5. The Morgan fingerprint density at radius 1 is 1.08 bits per heavy atom. The van der Waals surface area contributed by atoms with Gasteiger partial charge in [0.25, 0.3) is 0 Å². The van der Waals surface area contributed by atoms with Gasteiger partial charge in [0.05, 0.1) is 28.8 Å². The van der Waals surface area contributed by atoms with Crippen LogP contribution in [0.25, 0.3) is 0 Å². The number of primary amides is 1. The van der Waals surface area contributed by atoms with Gasteiger partial charge in [-0.1, -0.05) is 86.1 Å². The Labute approximate surface area is 314 Å². The zero-order chi connectivity index (χ0) is 38.9. The number of sulfone groups is 1. The van der Waals surface area contributed by atoms with E-state index in [1.165, 1.54) is 11.0 Å². The van der Waals surface area contributed by atoms with E-state index in [1.54, 1.807) is 18.2 Å². The summed E-state index contributed by atoms with van der Waals surface area (Å²) in [4.78, 5) is 56.1. The summed E-state index contributed by atoms with van der Waals surface area (Å²) >= 11 is 0. The second-order valence-electron chi connectivity index (χ2n) is 17.7. The summed E-state index contributed by atoms with van der Waals surface area (Å²) in [5.41, 5.74) is 3.40. The average molecular weight is 760 g/mol. The number of piperidine rings is 1. The van der Waals surface area contributed by atoms with Gasteiger partial charge in [0, 0.05) is 6.54 Å². The Balaban J connectivity index is 1.33. The molecule has 6 N–H and O–H groups in total. The maximum atomic E-state index is 14.5. The fourth-order valence-corrected chi connectivity index (χ4v) is 10.4. The average Bonchev–Trinajstić information content (AvgIpc) is 3.93. The van der Waals surface area contributed by atoms with Crippen molar-refractivity contribution in [2.24, 2.45) is 34.3 Å². The highest BCUT2D eigenvalue weighted by atomic mass is 32.2. The quantitative estimate of drug-likeness (QED) is 0.157. The van der Waals surface area contributed by atoms with E-state index >= 15 is 0 Å². The van der Waals surface area contributed by atoms with E-state index in [-0.39, 0.29) is 33.8 Å². The molecule has 6 atom stereocenters. The SMILES string of the molecule is CCCCOc1cccc(S(=O)(=O)CC2(NC(=O)N[C@H](C(=O)N3CC4C([C@H]3C(=O)NC(CC3CC3)C(O)C(N)=O)C4(C)C)C(C)(C)C)CCCCC2)c1. The summed E-state index contributed by atoms with van der Waals surface area (Å²) in [5.74, 6) is -1.41. The van der Waals surface area contributed by atoms with Crippen LogP contribution >= 0.6 is 0 Å². The van der Waals surface area contributed by atoms with Crippen molar-refractivity contribution in [1.29, 1.82) is 0 Å². The minimum absolute atomic E-state index is 0.0610. The second kappa shape index (κ2) is 15.8. The predicted octanol–water partition coefficient (Wildman–Crippen LogP) is 3.67. The molecule has 13 nitrogen and oxygen atoms in total. The van der Waals surface area contributed by atoms with Crippen molar-refractivity contribution in [1.82, 2.24) is 20.9 Å². The summed E-state index contributed by atoms with van der Waals surface area (Å²) in [6.07, 6.45) is 5.88. The summed E-state index contributed by atoms with van der Waals surface area (Å²) in [6.45, 7) is 12.5. The van der Waals surface area contributed by atoms with Gasteiger partial charge in [-0.25, -0.2) is 13.2 Å². The number of urea groups is 1. The number of hydrogen-bond acceptors (Lipinski definition) is 8. The van der Waals surface area contributed by atoms with Crippen molar-refractivity contribution in [3.63, 3.8) is 0 Å². The summed E-state index contributed by atoms with van der Waals surface area (Å²) in [5, 5.41) is 19.4. The number of aliphatic hydroxyl groups is 1. The topological polar surface area (TPSA) is 197 Å². The standard InChI is InChI=1S/C39H61N5O8S/c1-7-8-19-52-25-13-12-14-26(21-25)53(50,51)23-39(17-10-9-11-18-39)43-36(49)42-32(37(2,3)4)35(48)44-22-27-29(38(27,5)6)30(44)34(47)41-28(20-24-15-16-24)31(45)33(40)46/h12-14,21,24,27-32,45H,7-11,15-20,22-23H2,1-6H3,(H2,40,46)(H,41,47)(H2,42,43,49)/t27?,28?,29?,30-,31?,32+/m0/s1. The molecule has 53 heavy (non-hydrogen) atoms. The van der Waals surface area contributed by atoms with Gasteiger partial charge in [-0.2, -0.15) is 0 Å². The molecule has 14 heteroatoms. The number of likely N-dealkylation sites (tertiary alicyclic amines) is 1. The maximum Gasteiger partial charge on any atom is 0.315 e. The Morgan fingerprint density at radius 2 is 1.75 bits per heavy atom. The lowest BCUT2D eigenvalue weighted by Crippen LogP contribution is -2.64. The lowest BCUT2D eigenvalue weighted by Gasteiger charge is -2.40. The molecule has 1 aromatic carbocycles. The smallest absolute Gasteiger partial charge is 0.315 e. The molecule has 4 unspecified atom stereocenters. The van der Waals surface area contributed by atoms with E-state index in [1.807, 2.05) is 20.8 Å². The van der Waals surface area contributed by atoms with Crippen LogP contribution in [0.15, 0.2) is 29.2 Å². The van der Waals surface area contributed by atoms with Crippen LogP contribution in [0.5, 0.6) is 5.75 Å². The minimum atomic E-state index is -3.85. The van der Waals surface area contributed by atoms with Crippen molar-refractivity contribution in [2.45, 2.75) is 140 Å². The molecule has 1 saturated heterocycles. The van der Waals surface area contributed by atoms with Crippen molar-refractivity contribution < 1.29 is 37.4 Å². The lowest BCUT2D eigenvalue weighted by molar-refractivity contribution is -0.144. The van der Waals surface area contributed by atoms with E-state index in [4.69, 9.17) is 10.5 Å². The third-order valence-electron chi connectivity index (χ3n) is 12.0. The number of fused-ring (bicyclic) bond motifs is 1. The molecule has 1 heterocycles. The zero-order valence-corrected chi connectivity index (χ0v) is 33.1. The molecule has 0 spiro atoms. The zero-order valence-electron chi connectivity index (χ0n) is 32.3. The van der Waals surface area contributed by atoms with Crippen molar-refractivity contribution in [3.05, 3.63) is 24.3 Å². The first-order chi connectivity index (χ1) is 24.8. The van der Waals surface area contributed by atoms with Gasteiger partial charge in [-0.3, -0.25) is 14.4 Å². The van der Waals surface area contributed by atoms with Crippen LogP contribution in [0, 0.1) is 28.6 Å². The molecule has 0 radical (unpaired) electrons. The normalized spacial score (nSPS) is 25.0. The van der Waals surface area contributed by atoms with Gasteiger partial charge in [0.1, 0.15) is 17.8 Å². The van der Waals surface area contributed by atoms with Gasteiger partial charge < -0.3 is 36.4 Å².